The zero-order valence-electron chi connectivity index (χ0n) is 12.9. The Morgan fingerprint density at radius 2 is 2.09 bits per heavy atom. The molecule has 0 saturated carbocycles. The Morgan fingerprint density at radius 1 is 1.22 bits per heavy atom. The minimum absolute atomic E-state index is 0.0414. The van der Waals surface area contributed by atoms with E-state index in [4.69, 9.17) is 4.74 Å². The van der Waals surface area contributed by atoms with Crippen LogP contribution in [0.2, 0.25) is 0 Å². The van der Waals surface area contributed by atoms with Gasteiger partial charge in [-0.05, 0) is 48.1 Å². The number of allylic oxidation sites excluding steroid dienone is 2. The van der Waals surface area contributed by atoms with Gasteiger partial charge < -0.3 is 4.74 Å². The van der Waals surface area contributed by atoms with Gasteiger partial charge in [-0.1, -0.05) is 42.5 Å². The molecule has 1 unspecified atom stereocenters. The van der Waals surface area contributed by atoms with Crippen molar-refractivity contribution < 1.29 is 9.53 Å². The first-order valence-corrected chi connectivity index (χ1v) is 7.90. The van der Waals surface area contributed by atoms with Crippen LogP contribution in [0.1, 0.15) is 19.3 Å². The van der Waals surface area contributed by atoms with Crippen molar-refractivity contribution >= 4 is 22.9 Å². The Kier molecular flexibility index (Phi) is 5.04. The van der Waals surface area contributed by atoms with Gasteiger partial charge >= 0.3 is 0 Å². The maximum Gasteiger partial charge on any atom is 0.277 e. The Balaban J connectivity index is 1.47. The molecule has 0 fully saturated rings. The minimum Gasteiger partial charge on any atom is -0.484 e. The third-order valence-corrected chi connectivity index (χ3v) is 3.88. The molecular weight excluding hydrogens is 288 g/mol. The first-order chi connectivity index (χ1) is 11.3. The summed E-state index contributed by atoms with van der Waals surface area (Å²) < 4.78 is 5.52. The fourth-order valence-corrected chi connectivity index (χ4v) is 2.61. The Labute approximate surface area is 135 Å². The lowest BCUT2D eigenvalue weighted by Crippen LogP contribution is -2.25. The van der Waals surface area contributed by atoms with Gasteiger partial charge in [-0.15, -0.1) is 0 Å². The van der Waals surface area contributed by atoms with Crippen LogP contribution in [-0.4, -0.2) is 18.7 Å². The molecule has 0 heterocycles. The van der Waals surface area contributed by atoms with E-state index >= 15 is 0 Å². The van der Waals surface area contributed by atoms with Crippen molar-refractivity contribution in [3.8, 4) is 5.75 Å². The molecule has 118 valence electrons. The van der Waals surface area contributed by atoms with Gasteiger partial charge in [0.2, 0.25) is 0 Å². The summed E-state index contributed by atoms with van der Waals surface area (Å²) in [6.45, 7) is -0.0414. The van der Waals surface area contributed by atoms with Crippen molar-refractivity contribution in [2.24, 2.45) is 11.0 Å². The highest BCUT2D eigenvalue weighted by Gasteiger charge is 2.07. The van der Waals surface area contributed by atoms with Crippen LogP contribution in [0.5, 0.6) is 5.75 Å². The lowest BCUT2D eigenvalue weighted by Gasteiger charge is -2.11. The highest BCUT2D eigenvalue weighted by atomic mass is 16.5. The highest BCUT2D eigenvalue weighted by Crippen LogP contribution is 2.20. The molecule has 4 heteroatoms. The Hall–Kier alpha value is -2.62. The largest absolute Gasteiger partial charge is 0.484 e. The number of hydrogen-bond donors (Lipinski definition) is 1. The lowest BCUT2D eigenvalue weighted by atomic mass is 9.96. The Bertz CT molecular complexity index is 737. The van der Waals surface area contributed by atoms with Crippen LogP contribution in [0.3, 0.4) is 0 Å². The zero-order valence-corrected chi connectivity index (χ0v) is 12.9. The third-order valence-electron chi connectivity index (χ3n) is 3.88. The monoisotopic (exact) mass is 308 g/mol. The van der Waals surface area contributed by atoms with E-state index in [1.165, 1.54) is 0 Å². The summed E-state index contributed by atoms with van der Waals surface area (Å²) in [6.07, 6.45) is 9.31. The van der Waals surface area contributed by atoms with Crippen molar-refractivity contribution in [1.82, 2.24) is 5.43 Å². The van der Waals surface area contributed by atoms with Crippen molar-refractivity contribution in [1.29, 1.82) is 0 Å². The molecule has 0 saturated heterocycles. The normalized spacial score (nSPS) is 17.5. The summed E-state index contributed by atoms with van der Waals surface area (Å²) in [6, 6.07) is 13.8. The molecule has 1 atom stereocenters. The van der Waals surface area contributed by atoms with E-state index in [0.717, 1.165) is 30.0 Å². The Morgan fingerprint density at radius 3 is 2.91 bits per heavy atom. The molecule has 1 aliphatic carbocycles. The minimum atomic E-state index is -0.249. The maximum absolute atomic E-state index is 11.8. The van der Waals surface area contributed by atoms with Gasteiger partial charge in [0.1, 0.15) is 5.75 Å². The summed E-state index contributed by atoms with van der Waals surface area (Å²) in [5, 5.41) is 6.26. The number of benzene rings is 2. The van der Waals surface area contributed by atoms with E-state index < -0.39 is 0 Å². The summed E-state index contributed by atoms with van der Waals surface area (Å²) in [4.78, 5) is 11.8. The smallest absolute Gasteiger partial charge is 0.277 e. The average molecular weight is 308 g/mol. The van der Waals surface area contributed by atoms with Gasteiger partial charge in [0, 0.05) is 6.21 Å². The first-order valence-electron chi connectivity index (χ1n) is 7.90. The van der Waals surface area contributed by atoms with Crippen LogP contribution in [0.4, 0.5) is 0 Å². The number of ether oxygens (including phenoxy) is 1. The number of nitrogens with one attached hydrogen (secondary N) is 1. The average Bonchev–Trinajstić information content (AvgIpc) is 2.61. The number of carbonyl (C=O) groups excluding carboxylic acids is 1. The predicted octanol–water partition coefficient (Wildman–Crippen LogP) is 3.68. The van der Waals surface area contributed by atoms with Crippen LogP contribution < -0.4 is 10.2 Å². The van der Waals surface area contributed by atoms with Gasteiger partial charge in [-0.3, -0.25) is 4.79 Å². The second-order valence-electron chi connectivity index (χ2n) is 5.66. The van der Waals surface area contributed by atoms with Crippen LogP contribution >= 0.6 is 0 Å². The van der Waals surface area contributed by atoms with E-state index in [1.807, 2.05) is 48.7 Å². The van der Waals surface area contributed by atoms with Crippen LogP contribution in [0.15, 0.2) is 59.7 Å². The molecule has 23 heavy (non-hydrogen) atoms. The number of carbonyl (C=O) groups is 1. The van der Waals surface area contributed by atoms with E-state index in [2.05, 4.69) is 22.7 Å². The van der Waals surface area contributed by atoms with Gasteiger partial charge in [0.05, 0.1) is 0 Å². The molecule has 0 spiro atoms. The van der Waals surface area contributed by atoms with Crippen molar-refractivity contribution in [3.63, 3.8) is 0 Å². The third kappa shape index (κ3) is 4.42. The molecule has 4 nitrogen and oxygen atoms in total. The summed E-state index contributed by atoms with van der Waals surface area (Å²) in [7, 11) is 0. The molecule has 1 N–H and O–H groups in total. The molecule has 2 aromatic rings. The van der Waals surface area contributed by atoms with E-state index in [-0.39, 0.29) is 12.5 Å². The lowest BCUT2D eigenvalue weighted by molar-refractivity contribution is -0.123. The summed E-state index contributed by atoms with van der Waals surface area (Å²) >= 11 is 0. The molecule has 0 bridgehead atoms. The predicted molar refractivity (Wildman–Crippen MR) is 92.6 cm³/mol. The van der Waals surface area contributed by atoms with Crippen molar-refractivity contribution in [3.05, 3.63) is 54.6 Å². The standard InChI is InChI=1S/C19H20N2O2/c22-19(21-20-13-15-6-2-1-3-7-15)14-23-18-11-10-16-8-4-5-9-17(16)12-18/h1-2,4-5,8-13,15H,3,6-7,14H2,(H,21,22)/b20-13-. The molecule has 0 aromatic heterocycles. The molecule has 1 aliphatic rings. The number of fused-ring (bicyclic) bond motifs is 1. The summed E-state index contributed by atoms with van der Waals surface area (Å²) in [5.41, 5.74) is 2.52. The number of amides is 1. The zero-order chi connectivity index (χ0) is 15.9. The fourth-order valence-electron chi connectivity index (χ4n) is 2.61. The molecule has 2 aromatic carbocycles. The molecule has 0 aliphatic heterocycles. The first kappa shape index (κ1) is 15.3. The van der Waals surface area contributed by atoms with Crippen LogP contribution in [0.25, 0.3) is 10.8 Å². The number of hydrogen-bond acceptors (Lipinski definition) is 3. The summed E-state index contributed by atoms with van der Waals surface area (Å²) in [5.74, 6) is 0.850. The number of rotatable bonds is 5. The van der Waals surface area contributed by atoms with Crippen LogP contribution in [0, 0.1) is 5.92 Å². The second kappa shape index (κ2) is 7.58. The molecular formula is C19H20N2O2. The van der Waals surface area contributed by atoms with Crippen molar-refractivity contribution in [2.45, 2.75) is 19.3 Å². The molecule has 1 amide bonds. The molecule has 3 rings (SSSR count). The highest BCUT2D eigenvalue weighted by molar-refractivity contribution is 5.84. The number of hydrazone groups is 1. The van der Waals surface area contributed by atoms with Gasteiger partial charge in [0.25, 0.3) is 5.91 Å². The SMILES string of the molecule is O=C(COc1ccc2ccccc2c1)N/N=C\C1CC=CCC1. The quantitative estimate of drug-likeness (QED) is 0.520. The van der Waals surface area contributed by atoms with Crippen molar-refractivity contribution in [2.75, 3.05) is 6.61 Å². The second-order valence-corrected chi connectivity index (χ2v) is 5.66. The topological polar surface area (TPSA) is 50.7 Å². The van der Waals surface area contributed by atoms with Gasteiger partial charge in [-0.25, -0.2) is 5.43 Å². The van der Waals surface area contributed by atoms with E-state index in [1.54, 1.807) is 0 Å². The van der Waals surface area contributed by atoms with Crippen LogP contribution in [-0.2, 0) is 4.79 Å². The van der Waals surface area contributed by atoms with Gasteiger partial charge in [0.15, 0.2) is 6.61 Å². The maximum atomic E-state index is 11.8. The van der Waals surface area contributed by atoms with Gasteiger partial charge in [-0.2, -0.15) is 5.10 Å². The van der Waals surface area contributed by atoms with E-state index in [9.17, 15) is 4.79 Å². The van der Waals surface area contributed by atoms with E-state index in [0.29, 0.717) is 11.7 Å². The molecule has 0 radical (unpaired) electrons. The fraction of sp³-hybridized carbons (Fsp3) is 0.263. The number of nitrogens with zero attached hydrogens (tertiary/aromatic N) is 1.